The molecule has 1 aliphatic heterocycles. The summed E-state index contributed by atoms with van der Waals surface area (Å²) >= 11 is 0. The van der Waals surface area contributed by atoms with Gasteiger partial charge in [-0.2, -0.15) is 0 Å². The Hall–Kier alpha value is -0.620. The highest BCUT2D eigenvalue weighted by molar-refractivity contribution is 7.92. The van der Waals surface area contributed by atoms with Gasteiger partial charge in [-0.1, -0.05) is 0 Å². The number of nitrogens with zero attached hydrogens (tertiary/aromatic N) is 1. The SMILES string of the molecule is CC(C)S(=O)(=O)CCN1CCC(CC(=O)O)C1. The molecule has 0 spiro atoms. The van der Waals surface area contributed by atoms with Gasteiger partial charge in [-0.15, -0.1) is 0 Å². The van der Waals surface area contributed by atoms with E-state index >= 15 is 0 Å². The lowest BCUT2D eigenvalue weighted by atomic mass is 10.1. The van der Waals surface area contributed by atoms with Gasteiger partial charge in [0.1, 0.15) is 0 Å². The summed E-state index contributed by atoms with van der Waals surface area (Å²) in [5.74, 6) is -0.425. The molecule has 1 unspecified atom stereocenters. The summed E-state index contributed by atoms with van der Waals surface area (Å²) in [4.78, 5) is 12.6. The molecule has 0 saturated carbocycles. The van der Waals surface area contributed by atoms with Crippen LogP contribution in [0, 0.1) is 5.92 Å². The first-order chi connectivity index (χ1) is 7.81. The van der Waals surface area contributed by atoms with E-state index in [1.165, 1.54) is 0 Å². The number of carbonyl (C=O) groups is 1. The number of carboxylic acid groups (broad SMARTS) is 1. The lowest BCUT2D eigenvalue weighted by molar-refractivity contribution is -0.138. The van der Waals surface area contributed by atoms with Crippen LogP contribution in [0.4, 0.5) is 0 Å². The number of hydrogen-bond donors (Lipinski definition) is 1. The fourth-order valence-corrected chi connectivity index (χ4v) is 3.01. The fourth-order valence-electron chi connectivity index (χ4n) is 2.02. The fraction of sp³-hybridized carbons (Fsp3) is 0.909. The molecular formula is C11H21NO4S. The average molecular weight is 263 g/mol. The van der Waals surface area contributed by atoms with E-state index in [0.29, 0.717) is 13.1 Å². The van der Waals surface area contributed by atoms with E-state index in [-0.39, 0.29) is 23.3 Å². The van der Waals surface area contributed by atoms with E-state index in [1.807, 2.05) is 4.90 Å². The molecule has 1 N–H and O–H groups in total. The predicted octanol–water partition coefficient (Wildman–Crippen LogP) is 0.606. The maximum absolute atomic E-state index is 11.6. The Morgan fingerprint density at radius 1 is 1.47 bits per heavy atom. The Morgan fingerprint density at radius 2 is 2.12 bits per heavy atom. The zero-order valence-electron chi connectivity index (χ0n) is 10.4. The van der Waals surface area contributed by atoms with Crippen molar-refractivity contribution in [1.29, 1.82) is 0 Å². The molecule has 0 aromatic rings. The molecule has 1 heterocycles. The number of carboxylic acids is 1. The van der Waals surface area contributed by atoms with Crippen molar-refractivity contribution in [2.45, 2.75) is 31.9 Å². The van der Waals surface area contributed by atoms with E-state index in [9.17, 15) is 13.2 Å². The highest BCUT2D eigenvalue weighted by Gasteiger charge is 2.26. The van der Waals surface area contributed by atoms with Crippen LogP contribution in [-0.4, -0.2) is 55.0 Å². The summed E-state index contributed by atoms with van der Waals surface area (Å²) < 4.78 is 23.3. The zero-order chi connectivity index (χ0) is 13.1. The second-order valence-corrected chi connectivity index (χ2v) is 7.65. The van der Waals surface area contributed by atoms with Crippen molar-refractivity contribution in [2.75, 3.05) is 25.4 Å². The van der Waals surface area contributed by atoms with Gasteiger partial charge in [-0.05, 0) is 32.7 Å². The second kappa shape index (κ2) is 5.82. The van der Waals surface area contributed by atoms with Gasteiger partial charge in [0.05, 0.1) is 11.0 Å². The van der Waals surface area contributed by atoms with Crippen molar-refractivity contribution >= 4 is 15.8 Å². The number of hydrogen-bond acceptors (Lipinski definition) is 4. The van der Waals surface area contributed by atoms with Crippen LogP contribution < -0.4 is 0 Å². The van der Waals surface area contributed by atoms with Gasteiger partial charge in [-0.3, -0.25) is 4.79 Å². The van der Waals surface area contributed by atoms with Crippen LogP contribution in [0.5, 0.6) is 0 Å². The zero-order valence-corrected chi connectivity index (χ0v) is 11.2. The molecule has 0 aromatic carbocycles. The molecule has 17 heavy (non-hydrogen) atoms. The number of rotatable bonds is 6. The van der Waals surface area contributed by atoms with Crippen molar-refractivity contribution in [1.82, 2.24) is 4.90 Å². The molecule has 0 aliphatic carbocycles. The van der Waals surface area contributed by atoms with Crippen LogP contribution in [-0.2, 0) is 14.6 Å². The molecular weight excluding hydrogens is 242 g/mol. The van der Waals surface area contributed by atoms with Crippen LogP contribution in [0.15, 0.2) is 0 Å². The van der Waals surface area contributed by atoms with Crippen molar-refractivity contribution < 1.29 is 18.3 Å². The van der Waals surface area contributed by atoms with E-state index in [2.05, 4.69) is 0 Å². The van der Waals surface area contributed by atoms with E-state index in [0.717, 1.165) is 13.0 Å². The molecule has 1 saturated heterocycles. The molecule has 100 valence electrons. The van der Waals surface area contributed by atoms with Crippen molar-refractivity contribution in [3.05, 3.63) is 0 Å². The lowest BCUT2D eigenvalue weighted by Crippen LogP contribution is -2.30. The quantitative estimate of drug-likeness (QED) is 0.760. The second-order valence-electron chi connectivity index (χ2n) is 4.97. The molecule has 1 rings (SSSR count). The van der Waals surface area contributed by atoms with E-state index in [4.69, 9.17) is 5.11 Å². The third-order valence-electron chi connectivity index (χ3n) is 3.24. The third kappa shape index (κ3) is 4.63. The topological polar surface area (TPSA) is 74.7 Å². The van der Waals surface area contributed by atoms with Gasteiger partial charge < -0.3 is 10.0 Å². The Balaban J connectivity index is 2.34. The van der Waals surface area contributed by atoms with Gasteiger partial charge >= 0.3 is 5.97 Å². The van der Waals surface area contributed by atoms with Crippen LogP contribution >= 0.6 is 0 Å². The minimum atomic E-state index is -2.98. The van der Waals surface area contributed by atoms with Crippen molar-refractivity contribution in [2.24, 2.45) is 5.92 Å². The minimum absolute atomic E-state index is 0.171. The molecule has 1 aliphatic rings. The molecule has 0 amide bonds. The minimum Gasteiger partial charge on any atom is -0.481 e. The Labute approximate surface area is 103 Å². The smallest absolute Gasteiger partial charge is 0.303 e. The van der Waals surface area contributed by atoms with Gasteiger partial charge in [-0.25, -0.2) is 8.42 Å². The normalized spacial score (nSPS) is 22.2. The van der Waals surface area contributed by atoms with Gasteiger partial charge in [0.2, 0.25) is 0 Å². The van der Waals surface area contributed by atoms with Gasteiger partial charge in [0, 0.05) is 19.5 Å². The van der Waals surface area contributed by atoms with Crippen LogP contribution in [0.3, 0.4) is 0 Å². The van der Waals surface area contributed by atoms with Crippen LogP contribution in [0.25, 0.3) is 0 Å². The molecule has 1 fully saturated rings. The largest absolute Gasteiger partial charge is 0.481 e. The molecule has 0 bridgehead atoms. The van der Waals surface area contributed by atoms with Crippen LogP contribution in [0.2, 0.25) is 0 Å². The highest BCUT2D eigenvalue weighted by atomic mass is 32.2. The Bertz CT molecular complexity index is 364. The maximum Gasteiger partial charge on any atom is 0.303 e. The van der Waals surface area contributed by atoms with E-state index in [1.54, 1.807) is 13.8 Å². The summed E-state index contributed by atoms with van der Waals surface area (Å²) in [6.07, 6.45) is 1.04. The first-order valence-corrected chi connectivity index (χ1v) is 7.68. The third-order valence-corrected chi connectivity index (χ3v) is 5.43. The van der Waals surface area contributed by atoms with E-state index < -0.39 is 15.8 Å². The van der Waals surface area contributed by atoms with Gasteiger partial charge in [0.25, 0.3) is 0 Å². The van der Waals surface area contributed by atoms with Crippen molar-refractivity contribution in [3.63, 3.8) is 0 Å². The summed E-state index contributed by atoms with van der Waals surface area (Å²) in [5, 5.41) is 8.34. The average Bonchev–Trinajstić information content (AvgIpc) is 2.61. The Kier molecular flexibility index (Phi) is 4.94. The predicted molar refractivity (Wildman–Crippen MR) is 65.7 cm³/mol. The molecule has 1 atom stereocenters. The summed E-state index contributed by atoms with van der Waals surface area (Å²) in [6.45, 7) is 5.42. The van der Waals surface area contributed by atoms with Crippen molar-refractivity contribution in [3.8, 4) is 0 Å². The number of sulfone groups is 1. The first kappa shape index (κ1) is 14.4. The monoisotopic (exact) mass is 263 g/mol. The Morgan fingerprint density at radius 3 is 2.65 bits per heavy atom. The molecule has 5 nitrogen and oxygen atoms in total. The summed E-state index contributed by atoms with van der Waals surface area (Å²) in [7, 11) is -2.98. The van der Waals surface area contributed by atoms with Crippen LogP contribution in [0.1, 0.15) is 26.7 Å². The first-order valence-electron chi connectivity index (χ1n) is 5.97. The van der Waals surface area contributed by atoms with Gasteiger partial charge in [0.15, 0.2) is 9.84 Å². The summed E-state index contributed by atoms with van der Waals surface area (Å²) in [5.41, 5.74) is 0. The standard InChI is InChI=1S/C11H21NO4S/c1-9(2)17(15,16)6-5-12-4-3-10(8-12)7-11(13)14/h9-10H,3-8H2,1-2H3,(H,13,14). The maximum atomic E-state index is 11.6. The molecule has 6 heteroatoms. The number of likely N-dealkylation sites (tertiary alicyclic amines) is 1. The summed E-state index contributed by atoms with van der Waals surface area (Å²) in [6, 6.07) is 0. The lowest BCUT2D eigenvalue weighted by Gasteiger charge is -2.16. The molecule has 0 radical (unpaired) electrons. The molecule has 0 aromatic heterocycles. The number of aliphatic carboxylic acids is 1. The highest BCUT2D eigenvalue weighted by Crippen LogP contribution is 2.19.